The number of fused-ring (bicyclic) bond motifs is 2. The van der Waals surface area contributed by atoms with Gasteiger partial charge in [0.15, 0.2) is 0 Å². The van der Waals surface area contributed by atoms with Crippen LogP contribution in [-0.4, -0.2) is 45.8 Å². The molecule has 1 aliphatic heterocycles. The van der Waals surface area contributed by atoms with E-state index in [-0.39, 0.29) is 35.3 Å². The molecule has 7 nitrogen and oxygen atoms in total. The minimum atomic E-state index is -4.51. The number of ether oxygens (including phenoxy) is 1. The second-order valence-electron chi connectivity index (χ2n) is 10.2. The third-order valence-electron chi connectivity index (χ3n) is 6.08. The predicted octanol–water partition coefficient (Wildman–Crippen LogP) is 4.05. The topological polar surface area (TPSA) is 87.3 Å². The summed E-state index contributed by atoms with van der Waals surface area (Å²) in [4.78, 5) is 26.8. The summed E-state index contributed by atoms with van der Waals surface area (Å²) in [6, 6.07) is 3.89. The Bertz CT molecular complexity index is 1060. The van der Waals surface area contributed by atoms with Gasteiger partial charge in [0, 0.05) is 24.4 Å². The fourth-order valence-electron chi connectivity index (χ4n) is 4.60. The van der Waals surface area contributed by atoms with Crippen LogP contribution in [-0.2, 0) is 21.2 Å². The maximum Gasteiger partial charge on any atom is 0.418 e. The number of carbonyl (C=O) groups excluding carboxylic acids is 2. The smallest absolute Gasteiger partial charge is 0.418 e. The Hall–Kier alpha value is -2.78. The van der Waals surface area contributed by atoms with E-state index in [4.69, 9.17) is 4.74 Å². The van der Waals surface area contributed by atoms with Crippen molar-refractivity contribution in [1.29, 1.82) is 0 Å². The summed E-state index contributed by atoms with van der Waals surface area (Å²) in [6.45, 7) is 9.75. The quantitative estimate of drug-likeness (QED) is 0.736. The number of nitrogens with zero attached hydrogens (tertiary/aromatic N) is 2. The van der Waals surface area contributed by atoms with E-state index in [2.05, 4.69) is 15.5 Å². The molecule has 1 saturated heterocycles. The lowest BCUT2D eigenvalue weighted by atomic mass is 9.95. The third-order valence-corrected chi connectivity index (χ3v) is 6.08. The Morgan fingerprint density at radius 2 is 1.75 bits per heavy atom. The highest BCUT2D eigenvalue weighted by Crippen LogP contribution is 2.52. The van der Waals surface area contributed by atoms with Crippen molar-refractivity contribution in [2.75, 3.05) is 13.1 Å². The third kappa shape index (κ3) is 4.02. The average Bonchev–Trinajstić information content (AvgIpc) is 3.00. The zero-order valence-electron chi connectivity index (χ0n) is 18.6. The van der Waals surface area contributed by atoms with Gasteiger partial charge < -0.3 is 15.0 Å². The van der Waals surface area contributed by atoms with Crippen molar-refractivity contribution in [3.8, 4) is 0 Å². The van der Waals surface area contributed by atoms with E-state index in [1.54, 1.807) is 45.6 Å². The van der Waals surface area contributed by atoms with Crippen LogP contribution < -0.4 is 5.32 Å². The number of alkyl halides is 3. The molecule has 0 radical (unpaired) electrons. The monoisotopic (exact) mass is 452 g/mol. The van der Waals surface area contributed by atoms with Gasteiger partial charge in [-0.05, 0) is 52.5 Å². The lowest BCUT2D eigenvalue weighted by molar-refractivity contribution is -0.136. The maximum absolute atomic E-state index is 13.3. The van der Waals surface area contributed by atoms with Gasteiger partial charge >= 0.3 is 12.3 Å². The lowest BCUT2D eigenvalue weighted by Crippen LogP contribution is -2.44. The molecule has 32 heavy (non-hydrogen) atoms. The molecule has 2 fully saturated rings. The van der Waals surface area contributed by atoms with Crippen LogP contribution in [0.5, 0.6) is 0 Å². The van der Waals surface area contributed by atoms with Crippen LogP contribution in [0.3, 0.4) is 0 Å². The first-order valence-corrected chi connectivity index (χ1v) is 10.5. The van der Waals surface area contributed by atoms with Crippen LogP contribution in [0.25, 0.3) is 10.9 Å². The number of halogens is 3. The van der Waals surface area contributed by atoms with Gasteiger partial charge in [0.2, 0.25) is 5.91 Å². The second-order valence-corrected chi connectivity index (χ2v) is 10.2. The molecule has 0 spiro atoms. The van der Waals surface area contributed by atoms with E-state index in [1.165, 1.54) is 6.07 Å². The number of H-pyrrole nitrogens is 1. The molecule has 3 atom stereocenters. The summed E-state index contributed by atoms with van der Waals surface area (Å²) in [5, 5.41) is 9.85. The summed E-state index contributed by atoms with van der Waals surface area (Å²) < 4.78 is 45.3. The van der Waals surface area contributed by atoms with Crippen molar-refractivity contribution in [2.24, 2.45) is 17.8 Å². The molecular weight excluding hydrogens is 425 g/mol. The minimum absolute atomic E-state index is 0.0612. The number of para-hydroxylation sites is 1. The van der Waals surface area contributed by atoms with Crippen molar-refractivity contribution in [1.82, 2.24) is 20.4 Å². The van der Waals surface area contributed by atoms with Crippen molar-refractivity contribution < 1.29 is 27.5 Å². The van der Waals surface area contributed by atoms with Gasteiger partial charge in [-0.1, -0.05) is 12.1 Å². The van der Waals surface area contributed by atoms with Crippen molar-refractivity contribution >= 4 is 22.9 Å². The molecule has 2 heterocycles. The van der Waals surface area contributed by atoms with Gasteiger partial charge in [-0.15, -0.1) is 0 Å². The van der Waals surface area contributed by atoms with E-state index in [1.807, 2.05) is 0 Å². The first kappa shape index (κ1) is 22.4. The van der Waals surface area contributed by atoms with Crippen LogP contribution in [0.4, 0.5) is 18.0 Å². The van der Waals surface area contributed by atoms with Gasteiger partial charge in [-0.25, -0.2) is 4.79 Å². The molecule has 0 bridgehead atoms. The Morgan fingerprint density at radius 1 is 1.12 bits per heavy atom. The SMILES string of the molecule is CC(C)(C)OC(=O)N1C[C@@H]2[C@H](C1)[C@H]2C(=O)NC(C)(C)c1n[nH]c2c(C(F)(F)F)cccc12. The summed E-state index contributed by atoms with van der Waals surface area (Å²) in [6.07, 6.45) is -4.89. The highest BCUT2D eigenvalue weighted by molar-refractivity contribution is 5.88. The zero-order valence-corrected chi connectivity index (χ0v) is 18.6. The molecule has 2 amide bonds. The number of piperidine rings is 1. The number of hydrogen-bond acceptors (Lipinski definition) is 4. The number of aromatic amines is 1. The highest BCUT2D eigenvalue weighted by atomic mass is 19.4. The number of hydrogen-bond donors (Lipinski definition) is 2. The van der Waals surface area contributed by atoms with Crippen molar-refractivity contribution in [3.05, 3.63) is 29.5 Å². The van der Waals surface area contributed by atoms with Crippen LogP contribution in [0.1, 0.15) is 45.9 Å². The average molecular weight is 452 g/mol. The molecule has 1 aliphatic carbocycles. The number of rotatable bonds is 3. The number of benzene rings is 1. The predicted molar refractivity (Wildman–Crippen MR) is 111 cm³/mol. The number of nitrogens with one attached hydrogen (secondary N) is 2. The van der Waals surface area contributed by atoms with E-state index in [9.17, 15) is 22.8 Å². The number of carbonyl (C=O) groups is 2. The van der Waals surface area contributed by atoms with Crippen molar-refractivity contribution in [2.45, 2.75) is 51.9 Å². The normalized spacial score (nSPS) is 23.2. The number of likely N-dealkylation sites (tertiary alicyclic amines) is 1. The summed E-state index contributed by atoms with van der Waals surface area (Å²) in [5.41, 5.74) is -2.12. The summed E-state index contributed by atoms with van der Waals surface area (Å²) >= 11 is 0. The summed E-state index contributed by atoms with van der Waals surface area (Å²) in [5.74, 6) is -0.293. The van der Waals surface area contributed by atoms with E-state index in [0.29, 0.717) is 24.2 Å². The number of aromatic nitrogens is 2. The molecule has 1 aromatic heterocycles. The Labute approximate surface area is 183 Å². The zero-order chi connectivity index (χ0) is 23.6. The molecule has 174 valence electrons. The highest BCUT2D eigenvalue weighted by Gasteiger charge is 2.61. The number of amides is 2. The first-order chi connectivity index (χ1) is 14.7. The summed E-state index contributed by atoms with van der Waals surface area (Å²) in [7, 11) is 0. The largest absolute Gasteiger partial charge is 0.444 e. The van der Waals surface area contributed by atoms with Crippen molar-refractivity contribution in [3.63, 3.8) is 0 Å². The molecule has 4 rings (SSSR count). The first-order valence-electron chi connectivity index (χ1n) is 10.5. The Kier molecular flexibility index (Phi) is 4.98. The van der Waals surface area contributed by atoms with Crippen LogP contribution in [0, 0.1) is 17.8 Å². The molecule has 0 unspecified atom stereocenters. The molecule has 1 saturated carbocycles. The van der Waals surface area contributed by atoms with E-state index in [0.717, 1.165) is 6.07 Å². The fraction of sp³-hybridized carbons (Fsp3) is 0.591. The van der Waals surface area contributed by atoms with Gasteiger partial charge in [-0.3, -0.25) is 9.89 Å². The molecular formula is C22H27F3N4O3. The molecule has 1 aromatic carbocycles. The lowest BCUT2D eigenvalue weighted by Gasteiger charge is -2.27. The molecule has 2 aromatic rings. The minimum Gasteiger partial charge on any atom is -0.444 e. The van der Waals surface area contributed by atoms with Gasteiger partial charge in [0.25, 0.3) is 0 Å². The van der Waals surface area contributed by atoms with Gasteiger partial charge in [0.05, 0.1) is 22.3 Å². The Morgan fingerprint density at radius 3 is 2.31 bits per heavy atom. The molecule has 10 heteroatoms. The van der Waals surface area contributed by atoms with Crippen LogP contribution in [0.15, 0.2) is 18.2 Å². The van der Waals surface area contributed by atoms with Crippen LogP contribution in [0.2, 0.25) is 0 Å². The second kappa shape index (κ2) is 7.11. The molecule has 2 N–H and O–H groups in total. The molecule has 2 aliphatic rings. The van der Waals surface area contributed by atoms with Gasteiger partial charge in [-0.2, -0.15) is 18.3 Å². The van der Waals surface area contributed by atoms with E-state index >= 15 is 0 Å². The van der Waals surface area contributed by atoms with Crippen LogP contribution >= 0.6 is 0 Å². The van der Waals surface area contributed by atoms with E-state index < -0.39 is 22.9 Å². The van der Waals surface area contributed by atoms with Gasteiger partial charge in [0.1, 0.15) is 5.60 Å². The Balaban J connectivity index is 1.44. The maximum atomic E-state index is 13.3. The standard InChI is InChI=1S/C22H27F3N4O3/c1-20(2,3)32-19(31)29-9-12-13(10-29)15(12)18(30)26-21(4,5)17-11-7-6-8-14(22(23,24)25)16(11)27-28-17/h6-8,12-13,15H,9-10H2,1-5H3,(H,26,30)(H,27,28)/t12-,13+,15+. The fourth-order valence-corrected chi connectivity index (χ4v) is 4.60.